The molecule has 1 atom stereocenters. The Balaban J connectivity index is 1.58. The Bertz CT molecular complexity index is 1010. The minimum absolute atomic E-state index is 0.232. The molecular weight excluding hydrogens is 380 g/mol. The highest BCUT2D eigenvalue weighted by atomic mass is 32.1. The fraction of sp³-hybridized carbons (Fsp3) is 0.474. The molecule has 0 aromatic carbocycles. The molecule has 0 radical (unpaired) electrons. The third-order valence-electron chi connectivity index (χ3n) is 5.06. The van der Waals surface area contributed by atoms with Gasteiger partial charge in [0.05, 0.1) is 4.88 Å². The molecule has 1 unspecified atom stereocenters. The van der Waals surface area contributed by atoms with Crippen LogP contribution in [-0.4, -0.2) is 21.4 Å². The Hall–Kier alpha value is -2.68. The van der Waals surface area contributed by atoms with Crippen LogP contribution in [0.1, 0.15) is 47.3 Å². The lowest BCUT2D eigenvalue weighted by Crippen LogP contribution is -2.44. The topological polar surface area (TPSA) is 113 Å². The summed E-state index contributed by atoms with van der Waals surface area (Å²) < 4.78 is 1.04. The minimum atomic E-state index is -0.687. The second-order valence-corrected chi connectivity index (χ2v) is 9.24. The normalized spacial score (nSPS) is 16.3. The number of hydrazine groups is 1. The van der Waals surface area contributed by atoms with Crippen molar-refractivity contribution in [3.63, 3.8) is 0 Å². The number of amides is 2. The van der Waals surface area contributed by atoms with Crippen molar-refractivity contribution in [3.05, 3.63) is 54.5 Å². The monoisotopic (exact) mass is 404 g/mol. The molecule has 9 heteroatoms. The molecule has 0 saturated heterocycles. The van der Waals surface area contributed by atoms with E-state index in [-0.39, 0.29) is 17.9 Å². The van der Waals surface area contributed by atoms with Crippen molar-refractivity contribution in [2.24, 2.45) is 11.3 Å². The minimum Gasteiger partial charge on any atom is -0.291 e. The van der Waals surface area contributed by atoms with E-state index in [1.165, 1.54) is 28.0 Å². The predicted octanol–water partition coefficient (Wildman–Crippen LogP) is 1.21. The molecule has 28 heavy (non-hydrogen) atoms. The number of carbonyl (C=O) groups is 2. The summed E-state index contributed by atoms with van der Waals surface area (Å²) in [5.41, 5.74) is 4.91. The number of thiophene rings is 1. The zero-order chi connectivity index (χ0) is 20.5. The van der Waals surface area contributed by atoms with Crippen LogP contribution < -0.4 is 22.1 Å². The summed E-state index contributed by atoms with van der Waals surface area (Å²) in [6, 6.07) is 3.06. The van der Waals surface area contributed by atoms with Crippen molar-refractivity contribution in [2.45, 2.75) is 46.6 Å². The molecule has 3 rings (SSSR count). The van der Waals surface area contributed by atoms with Crippen LogP contribution in [0.5, 0.6) is 0 Å². The number of hydrogen-bond donors (Lipinski definition) is 3. The number of hydrogen-bond acceptors (Lipinski definition) is 5. The summed E-state index contributed by atoms with van der Waals surface area (Å²) >= 11 is 1.46. The van der Waals surface area contributed by atoms with E-state index in [4.69, 9.17) is 0 Å². The number of aromatic amines is 1. The van der Waals surface area contributed by atoms with E-state index in [1.807, 2.05) is 6.07 Å². The smallest absolute Gasteiger partial charge is 0.291 e. The van der Waals surface area contributed by atoms with Crippen LogP contribution in [-0.2, 0) is 24.2 Å². The van der Waals surface area contributed by atoms with Crippen molar-refractivity contribution in [3.8, 4) is 0 Å². The van der Waals surface area contributed by atoms with Crippen LogP contribution in [0.3, 0.4) is 0 Å². The van der Waals surface area contributed by atoms with Crippen molar-refractivity contribution >= 4 is 23.2 Å². The molecule has 8 nitrogen and oxygen atoms in total. The summed E-state index contributed by atoms with van der Waals surface area (Å²) in [5.74, 6) is -0.369. The van der Waals surface area contributed by atoms with Crippen LogP contribution in [0.2, 0.25) is 0 Å². The van der Waals surface area contributed by atoms with E-state index < -0.39 is 17.2 Å². The number of nitrogens with zero attached hydrogens (tertiary/aromatic N) is 1. The first-order chi connectivity index (χ1) is 13.1. The summed E-state index contributed by atoms with van der Waals surface area (Å²) in [4.78, 5) is 50.8. The first-order valence-corrected chi connectivity index (χ1v) is 9.95. The molecule has 0 bridgehead atoms. The average Bonchev–Trinajstić information content (AvgIpc) is 3.04. The molecule has 2 amide bonds. The Morgan fingerprint density at radius 3 is 2.71 bits per heavy atom. The van der Waals surface area contributed by atoms with Gasteiger partial charge in [-0.15, -0.1) is 11.3 Å². The van der Waals surface area contributed by atoms with Crippen molar-refractivity contribution in [2.75, 3.05) is 0 Å². The van der Waals surface area contributed by atoms with Gasteiger partial charge < -0.3 is 0 Å². The molecule has 0 fully saturated rings. The largest absolute Gasteiger partial charge is 0.328 e. The number of aromatic nitrogens is 2. The molecule has 0 spiro atoms. The third-order valence-corrected chi connectivity index (χ3v) is 6.29. The molecule has 2 aromatic heterocycles. The Morgan fingerprint density at radius 2 is 2.04 bits per heavy atom. The van der Waals surface area contributed by atoms with Crippen LogP contribution in [0, 0.1) is 11.3 Å². The zero-order valence-electron chi connectivity index (χ0n) is 16.1. The third kappa shape index (κ3) is 4.59. The fourth-order valence-electron chi connectivity index (χ4n) is 3.33. The summed E-state index contributed by atoms with van der Waals surface area (Å²) in [6.07, 6.45) is 4.27. The SMILES string of the molecule is CC(C)(C)C1CCc2sc(C(=O)NNC(=O)Cn3ccc(=O)[nH]c3=O)cc2C1. The van der Waals surface area contributed by atoms with Gasteiger partial charge in [0.1, 0.15) is 6.54 Å². The molecule has 2 aromatic rings. The Labute approximate surface area is 166 Å². The van der Waals surface area contributed by atoms with Gasteiger partial charge in [0.2, 0.25) is 0 Å². The van der Waals surface area contributed by atoms with Gasteiger partial charge in [0, 0.05) is 17.1 Å². The van der Waals surface area contributed by atoms with Gasteiger partial charge in [-0.3, -0.25) is 34.8 Å². The molecular formula is C19H24N4O4S. The maximum atomic E-state index is 12.4. The molecule has 2 heterocycles. The standard InChI is InChI=1S/C19H24N4O4S/c1-19(2,3)12-4-5-13-11(8-12)9-14(28-13)17(26)22-21-16(25)10-23-7-6-15(24)20-18(23)27/h6-7,9,12H,4-5,8,10H2,1-3H3,(H,21,25)(H,22,26)(H,20,24,27). The highest BCUT2D eigenvalue weighted by molar-refractivity contribution is 7.14. The molecule has 150 valence electrons. The van der Waals surface area contributed by atoms with Gasteiger partial charge in [-0.05, 0) is 42.2 Å². The number of rotatable bonds is 3. The van der Waals surface area contributed by atoms with Gasteiger partial charge in [-0.2, -0.15) is 0 Å². The molecule has 1 aliphatic carbocycles. The van der Waals surface area contributed by atoms with E-state index in [1.54, 1.807) is 0 Å². The number of nitrogens with one attached hydrogen (secondary N) is 3. The van der Waals surface area contributed by atoms with Crippen molar-refractivity contribution in [1.82, 2.24) is 20.4 Å². The zero-order valence-corrected chi connectivity index (χ0v) is 16.9. The molecule has 0 aliphatic heterocycles. The van der Waals surface area contributed by atoms with Crippen LogP contribution >= 0.6 is 11.3 Å². The Morgan fingerprint density at radius 1 is 1.29 bits per heavy atom. The van der Waals surface area contributed by atoms with Gasteiger partial charge in [-0.1, -0.05) is 20.8 Å². The highest BCUT2D eigenvalue weighted by Gasteiger charge is 2.30. The van der Waals surface area contributed by atoms with Crippen LogP contribution in [0.15, 0.2) is 27.9 Å². The van der Waals surface area contributed by atoms with E-state index in [2.05, 4.69) is 36.6 Å². The van der Waals surface area contributed by atoms with Crippen molar-refractivity contribution in [1.29, 1.82) is 0 Å². The van der Waals surface area contributed by atoms with E-state index in [0.717, 1.165) is 29.9 Å². The van der Waals surface area contributed by atoms with E-state index in [9.17, 15) is 19.2 Å². The summed E-state index contributed by atoms with van der Waals surface area (Å²) in [7, 11) is 0. The fourth-order valence-corrected chi connectivity index (χ4v) is 4.43. The maximum Gasteiger partial charge on any atom is 0.328 e. The van der Waals surface area contributed by atoms with Gasteiger partial charge in [0.15, 0.2) is 0 Å². The number of H-pyrrole nitrogens is 1. The predicted molar refractivity (Wildman–Crippen MR) is 106 cm³/mol. The number of aryl methyl sites for hydroxylation is 1. The van der Waals surface area contributed by atoms with Crippen molar-refractivity contribution < 1.29 is 9.59 Å². The van der Waals surface area contributed by atoms with E-state index >= 15 is 0 Å². The van der Waals surface area contributed by atoms with Crippen LogP contribution in [0.25, 0.3) is 0 Å². The van der Waals surface area contributed by atoms with Gasteiger partial charge in [0.25, 0.3) is 17.4 Å². The summed E-state index contributed by atoms with van der Waals surface area (Å²) in [5, 5.41) is 0. The lowest BCUT2D eigenvalue weighted by Gasteiger charge is -2.33. The molecule has 0 saturated carbocycles. The Kier molecular flexibility index (Phi) is 5.55. The quantitative estimate of drug-likeness (QED) is 0.667. The highest BCUT2D eigenvalue weighted by Crippen LogP contribution is 2.39. The first-order valence-electron chi connectivity index (χ1n) is 9.14. The van der Waals surface area contributed by atoms with Crippen LogP contribution in [0.4, 0.5) is 0 Å². The van der Waals surface area contributed by atoms with Gasteiger partial charge >= 0.3 is 5.69 Å². The van der Waals surface area contributed by atoms with E-state index in [0.29, 0.717) is 10.8 Å². The van der Waals surface area contributed by atoms with Gasteiger partial charge in [-0.25, -0.2) is 4.79 Å². The maximum absolute atomic E-state index is 12.4. The first kappa shape index (κ1) is 20.1. The number of fused-ring (bicyclic) bond motifs is 1. The molecule has 1 aliphatic rings. The second kappa shape index (κ2) is 7.75. The lowest BCUT2D eigenvalue weighted by atomic mass is 9.72. The average molecular weight is 404 g/mol. The number of carbonyl (C=O) groups excluding carboxylic acids is 2. The second-order valence-electron chi connectivity index (χ2n) is 8.11. The molecule has 3 N–H and O–H groups in total. The lowest BCUT2D eigenvalue weighted by molar-refractivity contribution is -0.122. The summed E-state index contributed by atoms with van der Waals surface area (Å²) in [6.45, 7) is 6.41.